The number of amides is 1. The molecule has 0 fully saturated rings. The van der Waals surface area contributed by atoms with Crippen molar-refractivity contribution in [3.8, 4) is 5.69 Å². The minimum Gasteiger partial charge on any atom is -0.320 e. The topological polar surface area (TPSA) is 64.0 Å². The Morgan fingerprint density at radius 3 is 2.38 bits per heavy atom. The Bertz CT molecular complexity index is 932. The van der Waals surface area contributed by atoms with Crippen LogP contribution in [0.2, 0.25) is 0 Å². The molecule has 5 nitrogen and oxygen atoms in total. The van der Waals surface area contributed by atoms with Gasteiger partial charge in [-0.2, -0.15) is 5.10 Å². The summed E-state index contributed by atoms with van der Waals surface area (Å²) < 4.78 is 2.41. The van der Waals surface area contributed by atoms with Gasteiger partial charge < -0.3 is 5.32 Å². The number of nitrogens with one attached hydrogen (secondary N) is 1. The molecule has 6 heteroatoms. The van der Waals surface area contributed by atoms with Gasteiger partial charge in [0, 0.05) is 22.4 Å². The van der Waals surface area contributed by atoms with E-state index in [1.54, 1.807) is 30.5 Å². The normalized spacial score (nSPS) is 10.4. The molecule has 3 aromatic rings. The number of anilines is 1. The SMILES string of the molecule is Cc1ccc(-n2ccc(=O)c(C(=O)Nc3ccc(Br)cc3)n2)cc1. The van der Waals surface area contributed by atoms with Crippen LogP contribution < -0.4 is 10.7 Å². The van der Waals surface area contributed by atoms with E-state index in [2.05, 4.69) is 26.3 Å². The Labute approximate surface area is 147 Å². The smallest absolute Gasteiger partial charge is 0.280 e. The van der Waals surface area contributed by atoms with Crippen LogP contribution in [0.25, 0.3) is 5.69 Å². The van der Waals surface area contributed by atoms with Crippen LogP contribution in [0.15, 0.2) is 70.1 Å². The Kier molecular flexibility index (Phi) is 4.57. The number of benzene rings is 2. The van der Waals surface area contributed by atoms with Crippen molar-refractivity contribution < 1.29 is 4.79 Å². The second-order valence-electron chi connectivity index (χ2n) is 5.27. The van der Waals surface area contributed by atoms with Gasteiger partial charge in [0.05, 0.1) is 5.69 Å². The number of nitrogens with zero attached hydrogens (tertiary/aromatic N) is 2. The number of rotatable bonds is 3. The number of aryl methyl sites for hydroxylation is 1. The highest BCUT2D eigenvalue weighted by atomic mass is 79.9. The summed E-state index contributed by atoms with van der Waals surface area (Å²) in [5.74, 6) is -0.538. The molecule has 2 aromatic carbocycles. The van der Waals surface area contributed by atoms with Crippen molar-refractivity contribution >= 4 is 27.5 Å². The van der Waals surface area contributed by atoms with Crippen molar-refractivity contribution in [1.82, 2.24) is 9.78 Å². The first kappa shape index (κ1) is 16.1. The zero-order chi connectivity index (χ0) is 17.1. The van der Waals surface area contributed by atoms with E-state index in [0.717, 1.165) is 15.7 Å². The van der Waals surface area contributed by atoms with Gasteiger partial charge in [-0.25, -0.2) is 4.68 Å². The van der Waals surface area contributed by atoms with E-state index in [9.17, 15) is 9.59 Å². The van der Waals surface area contributed by atoms with Crippen molar-refractivity contribution in [2.24, 2.45) is 0 Å². The molecule has 1 amide bonds. The van der Waals surface area contributed by atoms with Gasteiger partial charge in [-0.05, 0) is 43.3 Å². The van der Waals surface area contributed by atoms with Gasteiger partial charge >= 0.3 is 0 Å². The van der Waals surface area contributed by atoms with E-state index < -0.39 is 11.3 Å². The maximum Gasteiger partial charge on any atom is 0.280 e. The standard InChI is InChI=1S/C18H14BrN3O2/c1-12-2-8-15(9-3-12)22-11-10-16(23)17(21-22)18(24)20-14-6-4-13(19)5-7-14/h2-11H,1H3,(H,20,24). The lowest BCUT2D eigenvalue weighted by atomic mass is 10.2. The summed E-state index contributed by atoms with van der Waals surface area (Å²) in [6.07, 6.45) is 1.55. The first-order valence-corrected chi connectivity index (χ1v) is 8.06. The fraction of sp³-hybridized carbons (Fsp3) is 0.0556. The molecule has 1 heterocycles. The molecule has 1 N–H and O–H groups in total. The van der Waals surface area contributed by atoms with Gasteiger partial charge in [-0.15, -0.1) is 0 Å². The molecule has 0 unspecified atom stereocenters. The minimum absolute atomic E-state index is 0.152. The third kappa shape index (κ3) is 3.60. The first-order chi connectivity index (χ1) is 11.5. The number of hydrogen-bond donors (Lipinski definition) is 1. The molecule has 0 saturated heterocycles. The first-order valence-electron chi connectivity index (χ1n) is 7.27. The van der Waals surface area contributed by atoms with Gasteiger partial charge in [-0.1, -0.05) is 33.6 Å². The van der Waals surface area contributed by atoms with Crippen molar-refractivity contribution in [3.63, 3.8) is 0 Å². The summed E-state index contributed by atoms with van der Waals surface area (Å²) in [5.41, 5.74) is 1.91. The maximum atomic E-state index is 12.4. The molecule has 0 atom stereocenters. The molecule has 1 aromatic heterocycles. The summed E-state index contributed by atoms with van der Waals surface area (Å²) in [5, 5.41) is 6.85. The average molecular weight is 384 g/mol. The second kappa shape index (κ2) is 6.80. The quantitative estimate of drug-likeness (QED) is 0.751. The van der Waals surface area contributed by atoms with Crippen LogP contribution in [0.3, 0.4) is 0 Å². The van der Waals surface area contributed by atoms with E-state index in [0.29, 0.717) is 5.69 Å². The highest BCUT2D eigenvalue weighted by Crippen LogP contribution is 2.14. The van der Waals surface area contributed by atoms with Crippen molar-refractivity contribution in [1.29, 1.82) is 0 Å². The average Bonchev–Trinajstić information content (AvgIpc) is 2.58. The number of aromatic nitrogens is 2. The lowest BCUT2D eigenvalue weighted by Gasteiger charge is -2.08. The number of carbonyl (C=O) groups excluding carboxylic acids is 1. The molecular formula is C18H14BrN3O2. The zero-order valence-corrected chi connectivity index (χ0v) is 14.4. The minimum atomic E-state index is -0.538. The monoisotopic (exact) mass is 383 g/mol. The van der Waals surface area contributed by atoms with Crippen LogP contribution in [0.5, 0.6) is 0 Å². The van der Waals surface area contributed by atoms with Crippen LogP contribution in [0.1, 0.15) is 16.1 Å². The lowest BCUT2D eigenvalue weighted by molar-refractivity contribution is 0.101. The predicted octanol–water partition coefficient (Wildman–Crippen LogP) is 3.56. The van der Waals surface area contributed by atoms with Crippen LogP contribution in [0.4, 0.5) is 5.69 Å². The highest BCUT2D eigenvalue weighted by molar-refractivity contribution is 9.10. The van der Waals surface area contributed by atoms with Crippen molar-refractivity contribution in [2.45, 2.75) is 6.92 Å². The Balaban J connectivity index is 1.91. The zero-order valence-electron chi connectivity index (χ0n) is 12.9. The van der Waals surface area contributed by atoms with E-state index in [1.807, 2.05) is 31.2 Å². The fourth-order valence-corrected chi connectivity index (χ4v) is 2.39. The van der Waals surface area contributed by atoms with Crippen molar-refractivity contribution in [2.75, 3.05) is 5.32 Å². The summed E-state index contributed by atoms with van der Waals surface area (Å²) >= 11 is 3.33. The summed E-state index contributed by atoms with van der Waals surface area (Å²) in [7, 11) is 0. The summed E-state index contributed by atoms with van der Waals surface area (Å²) in [6.45, 7) is 1.99. The molecule has 0 spiro atoms. The largest absolute Gasteiger partial charge is 0.320 e. The lowest BCUT2D eigenvalue weighted by Crippen LogP contribution is -2.25. The molecule has 0 aliphatic carbocycles. The molecule has 0 aliphatic heterocycles. The van der Waals surface area contributed by atoms with E-state index in [-0.39, 0.29) is 5.69 Å². The molecule has 24 heavy (non-hydrogen) atoms. The third-order valence-electron chi connectivity index (χ3n) is 3.42. The molecule has 0 radical (unpaired) electrons. The van der Waals surface area contributed by atoms with E-state index in [1.165, 1.54) is 10.7 Å². The van der Waals surface area contributed by atoms with Gasteiger partial charge in [-0.3, -0.25) is 9.59 Å². The summed E-state index contributed by atoms with van der Waals surface area (Å²) in [4.78, 5) is 24.4. The molecule has 3 rings (SSSR count). The predicted molar refractivity (Wildman–Crippen MR) is 96.7 cm³/mol. The number of carbonyl (C=O) groups is 1. The van der Waals surface area contributed by atoms with E-state index >= 15 is 0 Å². The van der Waals surface area contributed by atoms with E-state index in [4.69, 9.17) is 0 Å². The van der Waals surface area contributed by atoms with Gasteiger partial charge in [0.25, 0.3) is 5.91 Å². The second-order valence-corrected chi connectivity index (χ2v) is 6.19. The van der Waals surface area contributed by atoms with Crippen LogP contribution >= 0.6 is 15.9 Å². The third-order valence-corrected chi connectivity index (χ3v) is 3.95. The van der Waals surface area contributed by atoms with Crippen LogP contribution in [-0.2, 0) is 0 Å². The van der Waals surface area contributed by atoms with Crippen LogP contribution in [-0.4, -0.2) is 15.7 Å². The Morgan fingerprint density at radius 1 is 1.04 bits per heavy atom. The Hall–Kier alpha value is -2.73. The molecule has 0 aliphatic rings. The maximum absolute atomic E-state index is 12.4. The van der Waals surface area contributed by atoms with Gasteiger partial charge in [0.2, 0.25) is 5.43 Å². The van der Waals surface area contributed by atoms with Gasteiger partial charge in [0.1, 0.15) is 0 Å². The number of halogens is 1. The summed E-state index contributed by atoms with van der Waals surface area (Å²) in [6, 6.07) is 16.1. The van der Waals surface area contributed by atoms with Crippen LogP contribution in [0, 0.1) is 6.92 Å². The molecule has 0 saturated carbocycles. The van der Waals surface area contributed by atoms with Gasteiger partial charge in [0.15, 0.2) is 5.69 Å². The molecule has 0 bridgehead atoms. The molecular weight excluding hydrogens is 370 g/mol. The fourth-order valence-electron chi connectivity index (χ4n) is 2.13. The molecule has 120 valence electrons. The highest BCUT2D eigenvalue weighted by Gasteiger charge is 2.13. The van der Waals surface area contributed by atoms with Crippen molar-refractivity contribution in [3.05, 3.63) is 86.7 Å². The number of hydrogen-bond acceptors (Lipinski definition) is 3. The Morgan fingerprint density at radius 2 is 1.71 bits per heavy atom.